The SMILES string of the molecule is Nc1c(C(=O)NC2=NCC(=O)N2)cccc1C1CC1. The van der Waals surface area contributed by atoms with Gasteiger partial charge in [-0.3, -0.25) is 20.2 Å². The van der Waals surface area contributed by atoms with Crippen molar-refractivity contribution in [2.45, 2.75) is 18.8 Å². The monoisotopic (exact) mass is 258 g/mol. The number of hydrogen-bond donors (Lipinski definition) is 3. The average Bonchev–Trinajstić information content (AvgIpc) is 3.14. The molecule has 0 atom stereocenters. The molecule has 3 rings (SSSR count). The molecule has 1 saturated carbocycles. The molecule has 0 radical (unpaired) electrons. The van der Waals surface area contributed by atoms with Crippen molar-refractivity contribution < 1.29 is 9.59 Å². The Kier molecular flexibility index (Phi) is 2.70. The van der Waals surface area contributed by atoms with E-state index in [-0.39, 0.29) is 24.3 Å². The van der Waals surface area contributed by atoms with Crippen LogP contribution in [0.15, 0.2) is 23.2 Å². The molecule has 1 aliphatic heterocycles. The maximum absolute atomic E-state index is 12.1. The second kappa shape index (κ2) is 4.38. The van der Waals surface area contributed by atoms with Crippen molar-refractivity contribution in [2.24, 2.45) is 4.99 Å². The van der Waals surface area contributed by atoms with E-state index in [0.29, 0.717) is 17.2 Å². The maximum Gasteiger partial charge on any atom is 0.260 e. The van der Waals surface area contributed by atoms with Gasteiger partial charge in [-0.25, -0.2) is 4.99 Å². The maximum atomic E-state index is 12.1. The zero-order valence-electron chi connectivity index (χ0n) is 10.3. The number of guanidine groups is 1. The number of nitrogens with one attached hydrogen (secondary N) is 2. The molecule has 0 unspecified atom stereocenters. The predicted octanol–water partition coefficient (Wildman–Crippen LogP) is 0.362. The number of para-hydroxylation sites is 1. The van der Waals surface area contributed by atoms with E-state index < -0.39 is 0 Å². The molecule has 1 fully saturated rings. The van der Waals surface area contributed by atoms with Crippen LogP contribution in [0.5, 0.6) is 0 Å². The number of carbonyl (C=O) groups is 2. The largest absolute Gasteiger partial charge is 0.398 e. The quantitative estimate of drug-likeness (QED) is 0.668. The van der Waals surface area contributed by atoms with Crippen molar-refractivity contribution in [3.63, 3.8) is 0 Å². The Morgan fingerprint density at radius 3 is 2.84 bits per heavy atom. The van der Waals surface area contributed by atoms with Crippen molar-refractivity contribution in [1.82, 2.24) is 10.6 Å². The Balaban J connectivity index is 1.80. The van der Waals surface area contributed by atoms with Crippen LogP contribution in [0.2, 0.25) is 0 Å². The average molecular weight is 258 g/mol. The van der Waals surface area contributed by atoms with Gasteiger partial charge in [0.05, 0.1) is 5.56 Å². The van der Waals surface area contributed by atoms with Gasteiger partial charge in [-0.1, -0.05) is 12.1 Å². The summed E-state index contributed by atoms with van der Waals surface area (Å²) in [6.07, 6.45) is 2.25. The third kappa shape index (κ3) is 2.29. The first-order valence-corrected chi connectivity index (χ1v) is 6.19. The summed E-state index contributed by atoms with van der Waals surface area (Å²) in [5.74, 6) is 0.0958. The highest BCUT2D eigenvalue weighted by Gasteiger charge is 2.27. The smallest absolute Gasteiger partial charge is 0.260 e. The van der Waals surface area contributed by atoms with Gasteiger partial charge in [-0.15, -0.1) is 0 Å². The Morgan fingerprint density at radius 1 is 1.42 bits per heavy atom. The fraction of sp³-hybridized carbons (Fsp3) is 0.308. The van der Waals surface area contributed by atoms with Gasteiger partial charge in [0.2, 0.25) is 11.9 Å². The van der Waals surface area contributed by atoms with Gasteiger partial charge >= 0.3 is 0 Å². The van der Waals surface area contributed by atoms with Crippen LogP contribution in [-0.4, -0.2) is 24.3 Å². The molecule has 0 saturated heterocycles. The molecule has 4 N–H and O–H groups in total. The number of nitrogens with two attached hydrogens (primary N) is 1. The molecular formula is C13H14N4O2. The molecule has 1 aromatic rings. The lowest BCUT2D eigenvalue weighted by atomic mass is 10.0. The zero-order valence-corrected chi connectivity index (χ0v) is 10.3. The summed E-state index contributed by atoms with van der Waals surface area (Å²) in [5.41, 5.74) is 8.02. The van der Waals surface area contributed by atoms with E-state index >= 15 is 0 Å². The van der Waals surface area contributed by atoms with Crippen LogP contribution < -0.4 is 16.4 Å². The lowest BCUT2D eigenvalue weighted by Gasteiger charge is -2.10. The number of amides is 2. The van der Waals surface area contributed by atoms with E-state index in [0.717, 1.165) is 18.4 Å². The predicted molar refractivity (Wildman–Crippen MR) is 70.7 cm³/mol. The van der Waals surface area contributed by atoms with Crippen molar-refractivity contribution >= 4 is 23.5 Å². The van der Waals surface area contributed by atoms with Crippen LogP contribution in [0.3, 0.4) is 0 Å². The second-order valence-corrected chi connectivity index (χ2v) is 4.75. The van der Waals surface area contributed by atoms with Crippen LogP contribution in [0.25, 0.3) is 0 Å². The third-order valence-corrected chi connectivity index (χ3v) is 3.27. The van der Waals surface area contributed by atoms with Gasteiger partial charge in [0.1, 0.15) is 6.54 Å². The molecule has 1 aromatic carbocycles. The highest BCUT2D eigenvalue weighted by Crippen LogP contribution is 2.43. The number of aliphatic imine (C=N–C) groups is 1. The fourth-order valence-electron chi connectivity index (χ4n) is 2.14. The molecule has 2 amide bonds. The van der Waals surface area contributed by atoms with Crippen molar-refractivity contribution in [3.05, 3.63) is 29.3 Å². The molecule has 1 heterocycles. The molecule has 0 bridgehead atoms. The number of hydrogen-bond acceptors (Lipinski definition) is 4. The highest BCUT2D eigenvalue weighted by atomic mass is 16.2. The third-order valence-electron chi connectivity index (χ3n) is 3.27. The van der Waals surface area contributed by atoms with E-state index in [1.54, 1.807) is 6.07 Å². The van der Waals surface area contributed by atoms with Gasteiger partial charge in [0.15, 0.2) is 0 Å². The first kappa shape index (κ1) is 11.7. The van der Waals surface area contributed by atoms with E-state index in [9.17, 15) is 9.59 Å². The summed E-state index contributed by atoms with van der Waals surface area (Å²) in [4.78, 5) is 27.0. The topological polar surface area (TPSA) is 96.6 Å². The minimum atomic E-state index is -0.346. The Morgan fingerprint density at radius 2 is 2.21 bits per heavy atom. The number of benzene rings is 1. The molecule has 0 spiro atoms. The van der Waals surface area contributed by atoms with Gasteiger partial charge in [0, 0.05) is 5.69 Å². The summed E-state index contributed by atoms with van der Waals surface area (Å²) in [6.45, 7) is 0.0488. The summed E-state index contributed by atoms with van der Waals surface area (Å²) in [6, 6.07) is 5.46. The first-order valence-electron chi connectivity index (χ1n) is 6.19. The van der Waals surface area contributed by atoms with Crippen LogP contribution in [-0.2, 0) is 4.79 Å². The molecule has 6 heteroatoms. The molecule has 98 valence electrons. The van der Waals surface area contributed by atoms with Crippen molar-refractivity contribution in [1.29, 1.82) is 0 Å². The second-order valence-electron chi connectivity index (χ2n) is 4.75. The van der Waals surface area contributed by atoms with Crippen LogP contribution >= 0.6 is 0 Å². The molecule has 19 heavy (non-hydrogen) atoms. The Hall–Kier alpha value is -2.37. The van der Waals surface area contributed by atoms with E-state index in [2.05, 4.69) is 15.6 Å². The van der Waals surface area contributed by atoms with Crippen molar-refractivity contribution in [3.8, 4) is 0 Å². The highest BCUT2D eigenvalue weighted by molar-refractivity contribution is 6.13. The van der Waals surface area contributed by atoms with Gasteiger partial charge in [-0.05, 0) is 30.4 Å². The molecule has 0 aromatic heterocycles. The molecule has 6 nitrogen and oxygen atoms in total. The van der Waals surface area contributed by atoms with E-state index in [4.69, 9.17) is 5.73 Å². The number of anilines is 1. The van der Waals surface area contributed by atoms with Gasteiger partial charge in [0.25, 0.3) is 5.91 Å². The van der Waals surface area contributed by atoms with Gasteiger partial charge < -0.3 is 5.73 Å². The lowest BCUT2D eigenvalue weighted by molar-refractivity contribution is -0.117. The van der Waals surface area contributed by atoms with Crippen LogP contribution in [0, 0.1) is 0 Å². The summed E-state index contributed by atoms with van der Waals surface area (Å²) in [5, 5.41) is 5.01. The number of nitrogen functional groups attached to an aromatic ring is 1. The first-order chi connectivity index (χ1) is 9.15. The Bertz CT molecular complexity index is 590. The van der Waals surface area contributed by atoms with Crippen molar-refractivity contribution in [2.75, 3.05) is 12.3 Å². The minimum absolute atomic E-state index is 0.0488. The number of carbonyl (C=O) groups excluding carboxylic acids is 2. The molecule has 1 aliphatic carbocycles. The van der Waals surface area contributed by atoms with Crippen LogP contribution in [0.4, 0.5) is 5.69 Å². The fourth-order valence-corrected chi connectivity index (χ4v) is 2.14. The lowest BCUT2D eigenvalue weighted by Crippen LogP contribution is -2.40. The normalized spacial score (nSPS) is 17.9. The summed E-state index contributed by atoms with van der Waals surface area (Å²) < 4.78 is 0. The molecule has 2 aliphatic rings. The number of nitrogens with zero attached hydrogens (tertiary/aromatic N) is 1. The molecular weight excluding hydrogens is 244 g/mol. The zero-order chi connectivity index (χ0) is 13.4. The summed E-state index contributed by atoms with van der Waals surface area (Å²) in [7, 11) is 0. The standard InChI is InChI=1S/C13H14N4O2/c14-11-8(7-4-5-7)2-1-3-9(11)12(19)17-13-15-6-10(18)16-13/h1-3,7H,4-6,14H2,(H2,15,16,17,18,19). The Labute approximate surface area is 110 Å². The van der Waals surface area contributed by atoms with E-state index in [1.807, 2.05) is 12.1 Å². The van der Waals surface area contributed by atoms with E-state index in [1.165, 1.54) is 0 Å². The van der Waals surface area contributed by atoms with Crippen LogP contribution in [0.1, 0.15) is 34.7 Å². The number of rotatable bonds is 2. The summed E-state index contributed by atoms with van der Waals surface area (Å²) >= 11 is 0. The minimum Gasteiger partial charge on any atom is -0.398 e. The van der Waals surface area contributed by atoms with Gasteiger partial charge in [-0.2, -0.15) is 0 Å².